The number of carbonyl (C=O) groups excluding carboxylic acids is 1. The van der Waals surface area contributed by atoms with Crippen molar-refractivity contribution in [2.24, 2.45) is 12.5 Å². The largest absolute Gasteiger partial charge is 0.392 e. The number of nitrogens with one attached hydrogen (secondary N) is 1. The molecule has 6 rings (SSSR count). The summed E-state index contributed by atoms with van der Waals surface area (Å²) in [6.07, 6.45) is 5.28. The lowest BCUT2D eigenvalue weighted by Gasteiger charge is -2.31. The maximum absolute atomic E-state index is 13.7. The molecule has 1 aliphatic heterocycles. The number of pyridine rings is 2. The molecule has 0 saturated heterocycles. The number of rotatable bonds is 5. The zero-order valence-electron chi connectivity index (χ0n) is 21.8. The minimum atomic E-state index is -0.310. The first kappa shape index (κ1) is 24.5. The number of aliphatic hydroxyl groups excluding tert-OH is 1. The van der Waals surface area contributed by atoms with Crippen molar-refractivity contribution in [2.75, 3.05) is 16.8 Å². The van der Waals surface area contributed by atoms with Gasteiger partial charge in [-0.25, -0.2) is 4.98 Å². The number of aromatic nitrogens is 5. The van der Waals surface area contributed by atoms with Crippen molar-refractivity contribution in [1.29, 1.82) is 0 Å². The van der Waals surface area contributed by atoms with E-state index >= 15 is 0 Å². The molecule has 10 nitrogen and oxygen atoms in total. The van der Waals surface area contributed by atoms with Crippen LogP contribution in [0.25, 0.3) is 11.1 Å². The van der Waals surface area contributed by atoms with Crippen LogP contribution in [0.1, 0.15) is 46.2 Å². The number of hydrogen-bond donors (Lipinski definition) is 2. The Morgan fingerprint density at radius 2 is 1.97 bits per heavy atom. The van der Waals surface area contributed by atoms with Crippen molar-refractivity contribution in [1.82, 2.24) is 24.3 Å². The Kier molecular flexibility index (Phi) is 5.73. The highest BCUT2D eigenvalue weighted by molar-refractivity contribution is 7.15. The molecule has 0 atom stereocenters. The average molecular weight is 532 g/mol. The zero-order valence-corrected chi connectivity index (χ0v) is 22.6. The van der Waals surface area contributed by atoms with Crippen molar-refractivity contribution in [3.8, 4) is 11.1 Å². The summed E-state index contributed by atoms with van der Waals surface area (Å²) in [7, 11) is 1.67. The molecule has 0 bridgehead atoms. The molecule has 38 heavy (non-hydrogen) atoms. The molecule has 1 amide bonds. The summed E-state index contributed by atoms with van der Waals surface area (Å²) in [5.74, 6) is 0.323. The minimum Gasteiger partial charge on any atom is -0.392 e. The molecule has 1 aliphatic carbocycles. The van der Waals surface area contributed by atoms with Gasteiger partial charge in [0.05, 0.1) is 6.61 Å². The number of anilines is 3. The molecule has 0 radical (unpaired) electrons. The molecular weight excluding hydrogens is 502 g/mol. The first-order valence-corrected chi connectivity index (χ1v) is 13.4. The lowest BCUT2D eigenvalue weighted by atomic mass is 9.90. The smallest absolute Gasteiger partial charge is 0.276 e. The van der Waals surface area contributed by atoms with Crippen LogP contribution in [0.2, 0.25) is 0 Å². The average Bonchev–Trinajstić information content (AvgIpc) is 3.53. The summed E-state index contributed by atoms with van der Waals surface area (Å²) >= 11 is 1.35. The molecule has 2 aliphatic rings. The first-order chi connectivity index (χ1) is 18.1. The van der Waals surface area contributed by atoms with E-state index in [1.54, 1.807) is 36.5 Å². The Morgan fingerprint density at radius 3 is 2.71 bits per heavy atom. The van der Waals surface area contributed by atoms with Crippen molar-refractivity contribution in [3.63, 3.8) is 0 Å². The van der Waals surface area contributed by atoms with Crippen molar-refractivity contribution in [2.45, 2.75) is 46.8 Å². The van der Waals surface area contributed by atoms with Gasteiger partial charge >= 0.3 is 0 Å². The van der Waals surface area contributed by atoms with Gasteiger partial charge in [-0.3, -0.25) is 14.5 Å². The summed E-state index contributed by atoms with van der Waals surface area (Å²) in [4.78, 5) is 32.7. The SMILES string of the molecule is Cc1nnc(Nc2cc(-c3ccnc(N4CCn5c(cc6c5CC(C)(C)C6)C4=O)c3CO)cn(C)c2=O)s1. The quantitative estimate of drug-likeness (QED) is 0.405. The number of nitrogens with zero attached hydrogens (tertiary/aromatic N) is 6. The molecule has 0 spiro atoms. The number of aliphatic hydroxyl groups is 1. The van der Waals surface area contributed by atoms with E-state index in [2.05, 4.69) is 38.9 Å². The van der Waals surface area contributed by atoms with E-state index in [0.29, 0.717) is 52.1 Å². The second-order valence-corrected chi connectivity index (χ2v) is 11.9. The predicted octanol–water partition coefficient (Wildman–Crippen LogP) is 3.43. The lowest BCUT2D eigenvalue weighted by Crippen LogP contribution is -2.41. The summed E-state index contributed by atoms with van der Waals surface area (Å²) in [5.41, 5.74) is 5.46. The fourth-order valence-electron chi connectivity index (χ4n) is 5.66. The molecule has 196 valence electrons. The van der Waals surface area contributed by atoms with Crippen LogP contribution in [0.4, 0.5) is 16.6 Å². The van der Waals surface area contributed by atoms with Crippen LogP contribution >= 0.6 is 11.3 Å². The van der Waals surface area contributed by atoms with E-state index in [1.165, 1.54) is 27.2 Å². The molecule has 0 aromatic carbocycles. The van der Waals surface area contributed by atoms with Crippen molar-refractivity contribution < 1.29 is 9.90 Å². The van der Waals surface area contributed by atoms with Gasteiger partial charge in [0.15, 0.2) is 0 Å². The standard InChI is InChI=1S/C27H29N7O3S/c1-15-30-31-26(38-15)29-20-9-17(13-32(4)24(20)36)18-5-6-28-23(19(18)14-35)34-8-7-33-21(25(34)37)10-16-11-27(2,3)12-22(16)33/h5-6,9-10,13,35H,7-8,11-12,14H2,1-4H3,(H,29,31). The van der Waals surface area contributed by atoms with Crippen molar-refractivity contribution in [3.05, 3.63) is 68.5 Å². The highest BCUT2D eigenvalue weighted by Crippen LogP contribution is 2.40. The number of aryl methyl sites for hydroxylation is 2. The summed E-state index contributed by atoms with van der Waals surface area (Å²) in [6, 6.07) is 5.55. The second-order valence-electron chi connectivity index (χ2n) is 10.8. The third-order valence-electron chi connectivity index (χ3n) is 7.33. The Morgan fingerprint density at radius 1 is 1.16 bits per heavy atom. The van der Waals surface area contributed by atoms with Crippen molar-refractivity contribution >= 4 is 33.9 Å². The number of fused-ring (bicyclic) bond motifs is 3. The minimum absolute atomic E-state index is 0.114. The van der Waals surface area contributed by atoms with Gasteiger partial charge < -0.3 is 19.6 Å². The predicted molar refractivity (Wildman–Crippen MR) is 146 cm³/mol. The van der Waals surface area contributed by atoms with E-state index in [9.17, 15) is 14.7 Å². The maximum Gasteiger partial charge on any atom is 0.276 e. The van der Waals surface area contributed by atoms with E-state index in [1.807, 2.05) is 13.0 Å². The molecule has 0 saturated carbocycles. The van der Waals surface area contributed by atoms with E-state index in [0.717, 1.165) is 17.8 Å². The molecular formula is C27H29N7O3S. The normalized spacial score (nSPS) is 16.0. The van der Waals surface area contributed by atoms with Crippen LogP contribution in [0.15, 0.2) is 35.4 Å². The van der Waals surface area contributed by atoms with Gasteiger partial charge in [-0.15, -0.1) is 10.2 Å². The topological polar surface area (TPSA) is 118 Å². The third kappa shape index (κ3) is 4.02. The van der Waals surface area contributed by atoms with Gasteiger partial charge in [0.25, 0.3) is 11.5 Å². The molecule has 0 unspecified atom stereocenters. The fourth-order valence-corrected chi connectivity index (χ4v) is 6.27. The van der Waals surface area contributed by atoms with Crippen LogP contribution in [0.3, 0.4) is 0 Å². The highest BCUT2D eigenvalue weighted by Gasteiger charge is 2.37. The number of hydrogen-bond acceptors (Lipinski definition) is 8. The van der Waals surface area contributed by atoms with Crippen LogP contribution < -0.4 is 15.8 Å². The summed E-state index contributed by atoms with van der Waals surface area (Å²) < 4.78 is 3.64. The van der Waals surface area contributed by atoms with Gasteiger partial charge in [0, 0.05) is 49.4 Å². The molecule has 11 heteroatoms. The monoisotopic (exact) mass is 531 g/mol. The Balaban J connectivity index is 1.38. The number of amides is 1. The van der Waals surface area contributed by atoms with Crippen LogP contribution in [-0.4, -0.2) is 41.9 Å². The summed E-state index contributed by atoms with van der Waals surface area (Å²) in [5, 5.41) is 22.9. The first-order valence-electron chi connectivity index (χ1n) is 12.6. The molecule has 4 aromatic heterocycles. The van der Waals surface area contributed by atoms with Crippen LogP contribution in [0, 0.1) is 12.3 Å². The Bertz CT molecular complexity index is 1650. The van der Waals surface area contributed by atoms with E-state index in [4.69, 9.17) is 0 Å². The van der Waals surface area contributed by atoms with Crippen LogP contribution in [0.5, 0.6) is 0 Å². The lowest BCUT2D eigenvalue weighted by molar-refractivity contribution is 0.0962. The molecule has 2 N–H and O–H groups in total. The van der Waals surface area contributed by atoms with Gasteiger partial charge in [-0.2, -0.15) is 0 Å². The van der Waals surface area contributed by atoms with E-state index < -0.39 is 0 Å². The van der Waals surface area contributed by atoms with Gasteiger partial charge in [-0.1, -0.05) is 25.2 Å². The van der Waals surface area contributed by atoms with Gasteiger partial charge in [0.2, 0.25) is 5.13 Å². The maximum atomic E-state index is 13.7. The third-order valence-corrected chi connectivity index (χ3v) is 8.09. The molecule has 4 aromatic rings. The van der Waals surface area contributed by atoms with Crippen LogP contribution in [-0.2, 0) is 33.0 Å². The van der Waals surface area contributed by atoms with Gasteiger partial charge in [0.1, 0.15) is 22.2 Å². The molecule has 5 heterocycles. The Hall–Kier alpha value is -3.83. The fraction of sp³-hybridized carbons (Fsp3) is 0.370. The Labute approximate surface area is 223 Å². The zero-order chi connectivity index (χ0) is 26.8. The number of carbonyl (C=O) groups is 1. The highest BCUT2D eigenvalue weighted by atomic mass is 32.1. The molecule has 0 fully saturated rings. The summed E-state index contributed by atoms with van der Waals surface area (Å²) in [6.45, 7) is 7.20. The van der Waals surface area contributed by atoms with E-state index in [-0.39, 0.29) is 23.5 Å². The van der Waals surface area contributed by atoms with Gasteiger partial charge in [-0.05, 0) is 54.5 Å². The second kappa shape index (κ2) is 8.88.